The minimum atomic E-state index is -0.759. The van der Waals surface area contributed by atoms with Crippen molar-refractivity contribution in [1.29, 1.82) is 0 Å². The van der Waals surface area contributed by atoms with Crippen molar-refractivity contribution in [2.75, 3.05) is 18.0 Å². The molecule has 30 heavy (non-hydrogen) atoms. The quantitative estimate of drug-likeness (QED) is 0.709. The third-order valence-corrected chi connectivity index (χ3v) is 5.17. The number of aryl methyl sites for hydroxylation is 1. The summed E-state index contributed by atoms with van der Waals surface area (Å²) in [6, 6.07) is 24.7. The summed E-state index contributed by atoms with van der Waals surface area (Å²) in [4.78, 5) is 27.6. The molecule has 152 valence electrons. The Bertz CT molecular complexity index is 1030. The Morgan fingerprint density at radius 2 is 1.67 bits per heavy atom. The van der Waals surface area contributed by atoms with Crippen LogP contribution in [0.25, 0.3) is 0 Å². The second kappa shape index (κ2) is 8.82. The average Bonchev–Trinajstić information content (AvgIpc) is 2.79. The van der Waals surface area contributed by atoms with Gasteiger partial charge in [0.15, 0.2) is 6.10 Å². The van der Waals surface area contributed by atoms with Crippen LogP contribution >= 0.6 is 0 Å². The number of hydrogen-bond acceptors (Lipinski definition) is 3. The number of carbonyl (C=O) groups is 2. The van der Waals surface area contributed by atoms with Gasteiger partial charge in [0, 0.05) is 12.1 Å². The monoisotopic (exact) mass is 400 g/mol. The number of fused-ring (bicyclic) bond motifs is 1. The van der Waals surface area contributed by atoms with Crippen LogP contribution in [0.4, 0.5) is 5.69 Å². The van der Waals surface area contributed by atoms with Crippen molar-refractivity contribution in [1.82, 2.24) is 5.32 Å². The lowest BCUT2D eigenvalue weighted by atomic mass is 10.1. The van der Waals surface area contributed by atoms with Gasteiger partial charge >= 0.3 is 0 Å². The third-order valence-electron chi connectivity index (χ3n) is 5.17. The third kappa shape index (κ3) is 4.35. The van der Waals surface area contributed by atoms with Crippen molar-refractivity contribution in [2.45, 2.75) is 19.4 Å². The topological polar surface area (TPSA) is 58.6 Å². The van der Waals surface area contributed by atoms with E-state index in [0.717, 1.165) is 17.5 Å². The molecule has 1 atom stereocenters. The normalized spacial score (nSPS) is 15.1. The van der Waals surface area contributed by atoms with Crippen LogP contribution in [0.2, 0.25) is 0 Å². The zero-order valence-electron chi connectivity index (χ0n) is 16.9. The first kappa shape index (κ1) is 19.7. The van der Waals surface area contributed by atoms with Crippen LogP contribution in [0, 0.1) is 6.92 Å². The molecule has 4 rings (SSSR count). The molecule has 0 fully saturated rings. The second-order valence-electron chi connectivity index (χ2n) is 7.38. The predicted octanol–water partition coefficient (Wildman–Crippen LogP) is 3.76. The number of amides is 2. The number of anilines is 1. The largest absolute Gasteiger partial charge is 0.477 e. The van der Waals surface area contributed by atoms with E-state index in [9.17, 15) is 9.59 Å². The van der Waals surface area contributed by atoms with E-state index >= 15 is 0 Å². The van der Waals surface area contributed by atoms with Crippen molar-refractivity contribution in [3.8, 4) is 5.75 Å². The van der Waals surface area contributed by atoms with E-state index in [4.69, 9.17) is 4.74 Å². The molecule has 1 N–H and O–H groups in total. The number of nitrogens with zero attached hydrogens (tertiary/aromatic N) is 1. The number of nitrogens with one attached hydrogen (secondary N) is 1. The van der Waals surface area contributed by atoms with Crippen LogP contribution in [-0.4, -0.2) is 31.0 Å². The van der Waals surface area contributed by atoms with E-state index in [0.29, 0.717) is 23.5 Å². The lowest BCUT2D eigenvalue weighted by Crippen LogP contribution is -2.51. The summed E-state index contributed by atoms with van der Waals surface area (Å²) in [5.74, 6) is 0.169. The molecule has 2 amide bonds. The molecule has 5 heteroatoms. The summed E-state index contributed by atoms with van der Waals surface area (Å²) >= 11 is 0. The molecule has 0 radical (unpaired) electrons. The lowest BCUT2D eigenvalue weighted by Gasteiger charge is -2.34. The van der Waals surface area contributed by atoms with Crippen molar-refractivity contribution >= 4 is 17.5 Å². The first-order valence-electron chi connectivity index (χ1n) is 10.1. The smallest absolute Gasteiger partial charge is 0.262 e. The number of para-hydroxylation sites is 2. The van der Waals surface area contributed by atoms with E-state index in [1.807, 2.05) is 79.7 Å². The van der Waals surface area contributed by atoms with E-state index in [2.05, 4.69) is 5.32 Å². The summed E-state index contributed by atoms with van der Waals surface area (Å²) in [5, 5.41) is 2.94. The lowest BCUT2D eigenvalue weighted by molar-refractivity contribution is -0.127. The molecule has 0 bridgehead atoms. The second-order valence-corrected chi connectivity index (χ2v) is 7.38. The molecule has 0 aromatic heterocycles. The van der Waals surface area contributed by atoms with Gasteiger partial charge in [-0.3, -0.25) is 9.59 Å². The number of ether oxygens (including phenoxy) is 1. The summed E-state index contributed by atoms with van der Waals surface area (Å²) in [5.41, 5.74) is 3.51. The Hall–Kier alpha value is -3.60. The minimum absolute atomic E-state index is 0.146. The van der Waals surface area contributed by atoms with Gasteiger partial charge in [-0.25, -0.2) is 0 Å². The van der Waals surface area contributed by atoms with E-state index in [1.165, 1.54) is 0 Å². The van der Waals surface area contributed by atoms with Crippen molar-refractivity contribution < 1.29 is 14.3 Å². The van der Waals surface area contributed by atoms with Crippen molar-refractivity contribution in [3.05, 3.63) is 95.6 Å². The van der Waals surface area contributed by atoms with Crippen LogP contribution in [0.1, 0.15) is 21.5 Å². The fourth-order valence-electron chi connectivity index (χ4n) is 3.50. The van der Waals surface area contributed by atoms with E-state index in [1.54, 1.807) is 11.0 Å². The number of rotatable bonds is 5. The highest BCUT2D eigenvalue weighted by atomic mass is 16.5. The molecule has 0 spiro atoms. The maximum Gasteiger partial charge on any atom is 0.262 e. The number of carbonyl (C=O) groups excluding carboxylic acids is 2. The maximum absolute atomic E-state index is 13.2. The zero-order valence-corrected chi connectivity index (χ0v) is 16.9. The van der Waals surface area contributed by atoms with E-state index in [-0.39, 0.29) is 18.4 Å². The predicted molar refractivity (Wildman–Crippen MR) is 117 cm³/mol. The minimum Gasteiger partial charge on any atom is -0.477 e. The van der Waals surface area contributed by atoms with Gasteiger partial charge in [0.25, 0.3) is 11.8 Å². The molecule has 1 aliphatic rings. The zero-order chi connectivity index (χ0) is 20.9. The van der Waals surface area contributed by atoms with Gasteiger partial charge in [-0.1, -0.05) is 60.2 Å². The van der Waals surface area contributed by atoms with Crippen LogP contribution in [0.15, 0.2) is 78.9 Å². The van der Waals surface area contributed by atoms with Gasteiger partial charge in [0.1, 0.15) is 5.75 Å². The highest BCUT2D eigenvalue weighted by molar-refractivity contribution is 6.07. The highest BCUT2D eigenvalue weighted by Crippen LogP contribution is 2.34. The standard InChI is InChI=1S/C25H24N2O3/c1-18-11-13-20(14-12-18)25(29)27-17-23(30-22-10-6-5-9-21(22)27)24(28)26-16-15-19-7-3-2-4-8-19/h2-14,23H,15-17H2,1H3,(H,26,28)/t23-/m1/s1. The SMILES string of the molecule is Cc1ccc(C(=O)N2C[C@H](C(=O)NCCc3ccccc3)Oc3ccccc32)cc1. The van der Waals surface area contributed by atoms with Gasteiger partial charge in [-0.15, -0.1) is 0 Å². The summed E-state index contributed by atoms with van der Waals surface area (Å²) in [7, 11) is 0. The van der Waals surface area contributed by atoms with Gasteiger partial charge in [0.05, 0.1) is 12.2 Å². The van der Waals surface area contributed by atoms with Crippen LogP contribution in [0.5, 0.6) is 5.75 Å². The number of benzene rings is 3. The fourth-order valence-corrected chi connectivity index (χ4v) is 3.50. The Morgan fingerprint density at radius 3 is 2.43 bits per heavy atom. The van der Waals surface area contributed by atoms with Gasteiger partial charge in [0.2, 0.25) is 0 Å². The molecular weight excluding hydrogens is 376 g/mol. The molecular formula is C25H24N2O3. The molecule has 3 aromatic rings. The molecule has 0 saturated carbocycles. The molecule has 0 unspecified atom stereocenters. The summed E-state index contributed by atoms with van der Waals surface area (Å²) in [6.07, 6.45) is -0.0212. The van der Waals surface area contributed by atoms with Crippen molar-refractivity contribution in [2.24, 2.45) is 0 Å². The molecule has 5 nitrogen and oxygen atoms in total. The van der Waals surface area contributed by atoms with Crippen LogP contribution in [0.3, 0.4) is 0 Å². The Morgan fingerprint density at radius 1 is 0.967 bits per heavy atom. The first-order chi connectivity index (χ1) is 14.6. The molecule has 1 aliphatic heterocycles. The average molecular weight is 400 g/mol. The molecule has 0 aliphatic carbocycles. The van der Waals surface area contributed by atoms with Crippen molar-refractivity contribution in [3.63, 3.8) is 0 Å². The highest BCUT2D eigenvalue weighted by Gasteiger charge is 2.34. The van der Waals surface area contributed by atoms with E-state index < -0.39 is 6.10 Å². The maximum atomic E-state index is 13.2. The summed E-state index contributed by atoms with van der Waals surface area (Å²) in [6.45, 7) is 2.66. The van der Waals surface area contributed by atoms with Gasteiger partial charge < -0.3 is 15.0 Å². The first-order valence-corrected chi connectivity index (χ1v) is 10.1. The fraction of sp³-hybridized carbons (Fsp3) is 0.200. The van der Waals surface area contributed by atoms with Gasteiger partial charge in [-0.2, -0.15) is 0 Å². The summed E-state index contributed by atoms with van der Waals surface area (Å²) < 4.78 is 5.93. The van der Waals surface area contributed by atoms with Crippen LogP contribution < -0.4 is 15.0 Å². The Balaban J connectivity index is 1.48. The molecule has 0 saturated heterocycles. The van der Waals surface area contributed by atoms with Gasteiger partial charge in [-0.05, 0) is 43.2 Å². The molecule has 3 aromatic carbocycles. The number of hydrogen-bond donors (Lipinski definition) is 1. The Labute approximate surface area is 176 Å². The molecule has 1 heterocycles. The van der Waals surface area contributed by atoms with Crippen LogP contribution in [-0.2, 0) is 11.2 Å². The Kier molecular flexibility index (Phi) is 5.80.